The van der Waals surface area contributed by atoms with E-state index in [0.717, 1.165) is 31.5 Å². The van der Waals surface area contributed by atoms with Crippen molar-refractivity contribution in [2.45, 2.75) is 66.1 Å². The molecule has 0 aliphatic heterocycles. The molecule has 0 saturated heterocycles. The highest BCUT2D eigenvalue weighted by Gasteiger charge is 2.26. The van der Waals surface area contributed by atoms with Crippen molar-refractivity contribution in [1.82, 2.24) is 14.4 Å². The Morgan fingerprint density at radius 2 is 1.91 bits per heavy atom. The lowest BCUT2D eigenvalue weighted by atomic mass is 10.1. The van der Waals surface area contributed by atoms with E-state index in [4.69, 9.17) is 0 Å². The third-order valence-corrected chi connectivity index (χ3v) is 7.13. The van der Waals surface area contributed by atoms with E-state index in [9.17, 15) is 9.59 Å². The van der Waals surface area contributed by atoms with Gasteiger partial charge in [0.25, 0.3) is 5.91 Å². The van der Waals surface area contributed by atoms with Crippen LogP contribution >= 0.6 is 11.3 Å². The van der Waals surface area contributed by atoms with Gasteiger partial charge in [-0.1, -0.05) is 56.2 Å². The van der Waals surface area contributed by atoms with Gasteiger partial charge >= 0.3 is 0 Å². The van der Waals surface area contributed by atoms with Crippen molar-refractivity contribution in [2.75, 3.05) is 13.1 Å². The minimum Gasteiger partial charge on any atom is -0.345 e. The van der Waals surface area contributed by atoms with E-state index in [1.807, 2.05) is 35.4 Å². The molecule has 0 N–H and O–H groups in total. The smallest absolute Gasteiger partial charge is 0.264 e. The van der Waals surface area contributed by atoms with Gasteiger partial charge in [-0.2, -0.15) is 0 Å². The van der Waals surface area contributed by atoms with Crippen molar-refractivity contribution in [1.29, 1.82) is 0 Å². The van der Waals surface area contributed by atoms with E-state index in [-0.39, 0.29) is 24.4 Å². The van der Waals surface area contributed by atoms with Gasteiger partial charge in [0.2, 0.25) is 5.91 Å². The predicted octanol–water partition coefficient (Wildman–Crippen LogP) is 5.98. The monoisotopic (exact) mass is 479 g/mol. The van der Waals surface area contributed by atoms with Crippen LogP contribution in [-0.4, -0.2) is 45.3 Å². The molecule has 2 amide bonds. The molecule has 0 spiro atoms. The van der Waals surface area contributed by atoms with Crippen molar-refractivity contribution in [3.05, 3.63) is 81.8 Å². The van der Waals surface area contributed by atoms with Crippen molar-refractivity contribution < 1.29 is 9.59 Å². The minimum absolute atomic E-state index is 0.00182. The molecule has 0 aliphatic rings. The van der Waals surface area contributed by atoms with Gasteiger partial charge in [-0.05, 0) is 55.8 Å². The van der Waals surface area contributed by atoms with E-state index in [0.29, 0.717) is 18.0 Å². The summed E-state index contributed by atoms with van der Waals surface area (Å²) in [7, 11) is 0. The predicted molar refractivity (Wildman–Crippen MR) is 140 cm³/mol. The summed E-state index contributed by atoms with van der Waals surface area (Å²) < 4.78 is 2.21. The first-order valence-electron chi connectivity index (χ1n) is 12.2. The fourth-order valence-electron chi connectivity index (χ4n) is 4.03. The molecule has 1 aromatic carbocycles. The Morgan fingerprint density at radius 1 is 1.09 bits per heavy atom. The van der Waals surface area contributed by atoms with Crippen LogP contribution in [0.15, 0.2) is 60.1 Å². The van der Waals surface area contributed by atoms with E-state index < -0.39 is 0 Å². The highest BCUT2D eigenvalue weighted by molar-refractivity contribution is 7.12. The Morgan fingerprint density at radius 3 is 2.59 bits per heavy atom. The molecule has 2 heterocycles. The molecule has 34 heavy (non-hydrogen) atoms. The summed E-state index contributed by atoms with van der Waals surface area (Å²) in [6.45, 7) is 10.4. The maximum absolute atomic E-state index is 13.5. The molecule has 0 saturated carbocycles. The number of unbranched alkanes of at least 4 members (excludes halogenated alkanes) is 1. The zero-order valence-corrected chi connectivity index (χ0v) is 21.7. The second-order valence-corrected chi connectivity index (χ2v) is 9.90. The average molecular weight is 480 g/mol. The number of aryl methyl sites for hydroxylation is 1. The number of benzene rings is 1. The number of hydrogen-bond donors (Lipinski definition) is 0. The Bertz CT molecular complexity index is 1060. The average Bonchev–Trinajstić information content (AvgIpc) is 3.51. The van der Waals surface area contributed by atoms with Crippen LogP contribution in [0.2, 0.25) is 0 Å². The van der Waals surface area contributed by atoms with Crippen LogP contribution in [0.3, 0.4) is 0 Å². The first-order valence-corrected chi connectivity index (χ1v) is 13.1. The summed E-state index contributed by atoms with van der Waals surface area (Å²) in [6, 6.07) is 16.4. The fourth-order valence-corrected chi connectivity index (χ4v) is 4.71. The second kappa shape index (κ2) is 12.6. The van der Waals surface area contributed by atoms with Gasteiger partial charge in [-0.15, -0.1) is 11.3 Å². The van der Waals surface area contributed by atoms with Gasteiger partial charge in [0.15, 0.2) is 0 Å². The van der Waals surface area contributed by atoms with Crippen LogP contribution in [0.4, 0.5) is 0 Å². The first kappa shape index (κ1) is 25.8. The molecule has 1 unspecified atom stereocenters. The Kier molecular flexibility index (Phi) is 9.52. The summed E-state index contributed by atoms with van der Waals surface area (Å²) in [6.07, 6.45) is 4.83. The third-order valence-electron chi connectivity index (χ3n) is 6.27. The van der Waals surface area contributed by atoms with Crippen molar-refractivity contribution in [2.24, 2.45) is 0 Å². The molecular weight excluding hydrogens is 442 g/mol. The van der Waals surface area contributed by atoms with Gasteiger partial charge in [0, 0.05) is 31.0 Å². The summed E-state index contributed by atoms with van der Waals surface area (Å²) >= 11 is 1.42. The topological polar surface area (TPSA) is 45.6 Å². The first-order chi connectivity index (χ1) is 16.4. The summed E-state index contributed by atoms with van der Waals surface area (Å²) in [5, 5.41) is 1.90. The molecule has 2 aromatic heterocycles. The van der Waals surface area contributed by atoms with Crippen LogP contribution in [0.1, 0.15) is 66.5 Å². The van der Waals surface area contributed by atoms with E-state index >= 15 is 0 Å². The molecule has 6 heteroatoms. The Hall–Kier alpha value is -2.86. The number of thiophene rings is 1. The standard InChI is InChI=1S/C28H37N3O2S/c1-5-7-15-30(20-25-13-9-16-29(25)19-24-12-8-11-22(3)18-24)27(32)21-31(23(4)6-2)28(33)26-14-10-17-34-26/h8-14,16-18,23H,5-7,15,19-21H2,1-4H3. The molecular formula is C28H37N3O2S. The SMILES string of the molecule is CCCCN(Cc1cccn1Cc1cccc(C)c1)C(=O)CN(C(=O)c1cccs1)C(C)CC. The lowest BCUT2D eigenvalue weighted by Crippen LogP contribution is -2.46. The molecule has 3 rings (SSSR count). The largest absolute Gasteiger partial charge is 0.345 e. The summed E-state index contributed by atoms with van der Waals surface area (Å²) in [4.78, 5) is 31.0. The number of hydrogen-bond acceptors (Lipinski definition) is 3. The zero-order chi connectivity index (χ0) is 24.5. The molecule has 0 radical (unpaired) electrons. The molecule has 182 valence electrons. The highest BCUT2D eigenvalue weighted by Crippen LogP contribution is 2.17. The van der Waals surface area contributed by atoms with E-state index in [2.05, 4.69) is 61.9 Å². The lowest BCUT2D eigenvalue weighted by molar-refractivity contribution is -0.133. The molecule has 0 aliphatic carbocycles. The van der Waals surface area contributed by atoms with Crippen LogP contribution < -0.4 is 0 Å². The van der Waals surface area contributed by atoms with Crippen LogP contribution in [-0.2, 0) is 17.9 Å². The van der Waals surface area contributed by atoms with Crippen molar-refractivity contribution in [3.8, 4) is 0 Å². The Balaban J connectivity index is 1.76. The normalized spacial score (nSPS) is 11.9. The molecule has 5 nitrogen and oxygen atoms in total. The number of carbonyl (C=O) groups excluding carboxylic acids is 2. The van der Waals surface area contributed by atoms with Crippen molar-refractivity contribution >= 4 is 23.2 Å². The maximum atomic E-state index is 13.5. The summed E-state index contributed by atoms with van der Waals surface area (Å²) in [5.41, 5.74) is 3.59. The lowest BCUT2D eigenvalue weighted by Gasteiger charge is -2.31. The van der Waals surface area contributed by atoms with E-state index in [1.54, 1.807) is 4.90 Å². The molecule has 0 fully saturated rings. The summed E-state index contributed by atoms with van der Waals surface area (Å²) in [5.74, 6) is -0.0575. The van der Waals surface area contributed by atoms with Crippen LogP contribution in [0.5, 0.6) is 0 Å². The molecule has 1 atom stereocenters. The zero-order valence-electron chi connectivity index (χ0n) is 20.9. The van der Waals surface area contributed by atoms with Crippen molar-refractivity contribution in [3.63, 3.8) is 0 Å². The van der Waals surface area contributed by atoms with E-state index in [1.165, 1.54) is 22.5 Å². The minimum atomic E-state index is -0.0593. The maximum Gasteiger partial charge on any atom is 0.264 e. The molecule has 0 bridgehead atoms. The third kappa shape index (κ3) is 6.83. The number of amides is 2. The van der Waals surface area contributed by atoms with Crippen LogP contribution in [0, 0.1) is 6.92 Å². The molecule has 3 aromatic rings. The number of carbonyl (C=O) groups is 2. The van der Waals surface area contributed by atoms with Gasteiger partial charge < -0.3 is 14.4 Å². The quantitative estimate of drug-likeness (QED) is 0.321. The van der Waals surface area contributed by atoms with Crippen LogP contribution in [0.25, 0.3) is 0 Å². The highest BCUT2D eigenvalue weighted by atomic mass is 32.1. The number of rotatable bonds is 12. The van der Waals surface area contributed by atoms with Gasteiger partial charge in [-0.3, -0.25) is 9.59 Å². The number of aromatic nitrogens is 1. The number of nitrogens with zero attached hydrogens (tertiary/aromatic N) is 3. The van der Waals surface area contributed by atoms with Gasteiger partial charge in [0.1, 0.15) is 6.54 Å². The fraction of sp³-hybridized carbons (Fsp3) is 0.429. The van der Waals surface area contributed by atoms with Gasteiger partial charge in [-0.25, -0.2) is 0 Å². The van der Waals surface area contributed by atoms with Gasteiger partial charge in [0.05, 0.1) is 11.4 Å². The Labute approximate surface area is 208 Å². The second-order valence-electron chi connectivity index (χ2n) is 8.95.